The third-order valence-corrected chi connectivity index (χ3v) is 20.4. The van der Waals surface area contributed by atoms with Gasteiger partial charge in [0.2, 0.25) is 0 Å². The summed E-state index contributed by atoms with van der Waals surface area (Å²) in [6, 6.07) is 41.1. The summed E-state index contributed by atoms with van der Waals surface area (Å²) in [7, 11) is 1.63. The largest absolute Gasteiger partial charge is 0.435 e. The van der Waals surface area contributed by atoms with Crippen LogP contribution in [0.4, 0.5) is 83.9 Å². The van der Waals surface area contributed by atoms with Gasteiger partial charge in [-0.15, -0.1) is 22.7 Å². The molecular formula is C78H68Cl2F4N24O4S2. The maximum Gasteiger partial charge on any atom is 0.435 e. The zero-order chi connectivity index (χ0) is 81.2. The lowest BCUT2D eigenvalue weighted by Crippen LogP contribution is -2.22. The molecule has 0 radical (unpaired) electrons. The van der Waals surface area contributed by atoms with Crippen molar-refractivity contribution in [2.45, 2.75) is 65.5 Å². The molecule has 6 amide bonds. The Bertz CT molecular complexity index is 6230. The van der Waals surface area contributed by atoms with Gasteiger partial charge in [0.05, 0.1) is 84.1 Å². The summed E-state index contributed by atoms with van der Waals surface area (Å²) in [6.45, 7) is 13.0. The van der Waals surface area contributed by atoms with Gasteiger partial charge in [-0.05, 0) is 125 Å². The van der Waals surface area contributed by atoms with E-state index in [1.54, 1.807) is 90.9 Å². The first-order valence-corrected chi connectivity index (χ1v) is 37.0. The molecule has 0 atom stereocenters. The number of fused-ring (bicyclic) bond motifs is 3. The van der Waals surface area contributed by atoms with Gasteiger partial charge >= 0.3 is 24.3 Å². The molecule has 0 aliphatic heterocycles. The van der Waals surface area contributed by atoms with Crippen LogP contribution in [0, 0.1) is 37.9 Å². The number of urea groups is 3. The van der Waals surface area contributed by atoms with Gasteiger partial charge in [0.15, 0.2) is 11.3 Å². The van der Waals surface area contributed by atoms with Gasteiger partial charge in [-0.2, -0.15) is 38.8 Å². The lowest BCUT2D eigenvalue weighted by Gasteiger charge is -2.18. The molecule has 0 aliphatic carbocycles. The van der Waals surface area contributed by atoms with Crippen LogP contribution in [0.1, 0.15) is 61.5 Å². The van der Waals surface area contributed by atoms with Crippen LogP contribution in [-0.4, -0.2) is 98.8 Å². The molecule has 0 spiro atoms. The second-order valence-electron chi connectivity index (χ2n) is 27.2. The Kier molecular flexibility index (Phi) is 22.1. The quantitative estimate of drug-likeness (QED) is 0.0426. The Hall–Kier alpha value is -13.5. The van der Waals surface area contributed by atoms with Gasteiger partial charge in [-0.1, -0.05) is 102 Å². The molecule has 15 rings (SSSR count). The van der Waals surface area contributed by atoms with Crippen molar-refractivity contribution in [1.29, 1.82) is 5.26 Å². The first kappa shape index (κ1) is 78.7. The van der Waals surface area contributed by atoms with Gasteiger partial charge in [0.25, 0.3) is 0 Å². The fourth-order valence-electron chi connectivity index (χ4n) is 11.7. The van der Waals surface area contributed by atoms with E-state index < -0.39 is 46.6 Å². The van der Waals surface area contributed by atoms with Crippen molar-refractivity contribution in [1.82, 2.24) is 69.0 Å². The molecule has 36 heteroatoms. The molecule has 9 aromatic heterocycles. The smallest absolute Gasteiger partial charge is 0.395 e. The fraction of sp³-hybridized carbons (Fsp3) is 0.154. The normalized spacial score (nSPS) is 11.5. The number of nitrogens with two attached hydrogens (primary N) is 3. The van der Waals surface area contributed by atoms with Gasteiger partial charge in [0.1, 0.15) is 75.1 Å². The molecule has 114 heavy (non-hydrogen) atoms. The maximum absolute atomic E-state index is 15.1. The Balaban J connectivity index is 0.000000149. The molecule has 0 aliphatic rings. The molecule has 13 N–H and O–H groups in total. The van der Waals surface area contributed by atoms with E-state index in [1.165, 1.54) is 58.5 Å². The number of amides is 6. The topological polar surface area (TPSA) is 394 Å². The number of anilines is 9. The lowest BCUT2D eigenvalue weighted by atomic mass is 9.91. The first-order valence-electron chi connectivity index (χ1n) is 34.5. The Morgan fingerprint density at radius 1 is 0.509 bits per heavy atom. The summed E-state index contributed by atoms with van der Waals surface area (Å²) >= 11 is 16.1. The number of aliphatic hydroxyl groups excluding tert-OH is 1. The van der Waals surface area contributed by atoms with Crippen LogP contribution in [0.2, 0.25) is 10.0 Å². The van der Waals surface area contributed by atoms with Crippen LogP contribution in [0.15, 0.2) is 175 Å². The molecule has 28 nitrogen and oxygen atoms in total. The van der Waals surface area contributed by atoms with Crippen LogP contribution in [0.5, 0.6) is 0 Å². The number of halogens is 6. The summed E-state index contributed by atoms with van der Waals surface area (Å²) in [4.78, 5) is 65.0. The number of aromatic nitrogens is 14. The predicted molar refractivity (Wildman–Crippen MR) is 437 cm³/mol. The molecular weight excluding hydrogens is 1550 g/mol. The average Bonchev–Trinajstić information content (AvgIpc) is 1.61. The summed E-state index contributed by atoms with van der Waals surface area (Å²) in [6.07, 6.45) is -0.583. The number of aryl methyl sites for hydroxylation is 4. The van der Waals surface area contributed by atoms with Crippen molar-refractivity contribution in [2.75, 3.05) is 55.7 Å². The minimum Gasteiger partial charge on any atom is -0.395 e. The fourth-order valence-corrected chi connectivity index (χ4v) is 14.0. The number of aliphatic hydroxyl groups is 1. The first-order chi connectivity index (χ1) is 54.3. The number of carbonyl (C=O) groups is 3. The molecule has 6 aromatic carbocycles. The van der Waals surface area contributed by atoms with E-state index in [1.807, 2.05) is 106 Å². The van der Waals surface area contributed by atoms with E-state index in [0.717, 1.165) is 81.5 Å². The molecule has 0 saturated heterocycles. The number of alkyl halides is 3. The molecule has 578 valence electrons. The second kappa shape index (κ2) is 32.1. The number of benzene rings is 6. The van der Waals surface area contributed by atoms with Crippen molar-refractivity contribution in [3.05, 3.63) is 225 Å². The van der Waals surface area contributed by atoms with Crippen molar-refractivity contribution in [3.8, 4) is 56.6 Å². The van der Waals surface area contributed by atoms with E-state index in [2.05, 4.69) is 88.3 Å². The predicted octanol–water partition coefficient (Wildman–Crippen LogP) is 17.4. The molecule has 0 unspecified atom stereocenters. The van der Waals surface area contributed by atoms with Crippen molar-refractivity contribution in [2.24, 2.45) is 7.05 Å². The van der Waals surface area contributed by atoms with Gasteiger partial charge in [-0.25, -0.2) is 67.4 Å². The molecule has 0 bridgehead atoms. The van der Waals surface area contributed by atoms with E-state index in [0.29, 0.717) is 78.9 Å². The van der Waals surface area contributed by atoms with Crippen molar-refractivity contribution in [3.63, 3.8) is 0 Å². The van der Waals surface area contributed by atoms with E-state index in [9.17, 15) is 37.9 Å². The molecule has 0 saturated carbocycles. The zero-order valence-corrected chi connectivity index (χ0v) is 64.8. The second-order valence-corrected chi connectivity index (χ2v) is 29.7. The number of nitrogens with zero attached hydrogens (tertiary/aromatic N) is 15. The van der Waals surface area contributed by atoms with Crippen LogP contribution in [0.3, 0.4) is 0 Å². The van der Waals surface area contributed by atoms with Crippen molar-refractivity contribution < 1.29 is 37.1 Å². The van der Waals surface area contributed by atoms with E-state index in [4.69, 9.17) is 40.4 Å². The molecule has 15 aromatic rings. The molecule has 9 heterocycles. The monoisotopic (exact) mass is 1610 g/mol. The molecule has 0 fully saturated rings. The number of thiophene rings is 2. The Morgan fingerprint density at radius 2 is 0.921 bits per heavy atom. The summed E-state index contributed by atoms with van der Waals surface area (Å²) in [5.41, 5.74) is 26.6. The van der Waals surface area contributed by atoms with E-state index in [-0.39, 0.29) is 35.2 Å². The van der Waals surface area contributed by atoms with E-state index >= 15 is 4.39 Å². The maximum atomic E-state index is 15.1. The number of nitriles is 1. The summed E-state index contributed by atoms with van der Waals surface area (Å²) < 4.78 is 60.7. The van der Waals surface area contributed by atoms with Gasteiger partial charge in [0, 0.05) is 63.8 Å². The number of hydrogen-bond donors (Lipinski definition) is 10. The Labute approximate surface area is 664 Å². The van der Waals surface area contributed by atoms with Crippen LogP contribution < -0.4 is 49.1 Å². The van der Waals surface area contributed by atoms with Crippen molar-refractivity contribution >= 4 is 147 Å². The number of hydrogen-bond acceptors (Lipinski definition) is 20. The third-order valence-electron chi connectivity index (χ3n) is 18.0. The average molecular weight is 1620 g/mol. The highest BCUT2D eigenvalue weighted by Crippen LogP contribution is 2.42. The summed E-state index contributed by atoms with van der Waals surface area (Å²) in [5, 5.41) is 59.2. The minimum atomic E-state index is -4.73. The van der Waals surface area contributed by atoms with Crippen LogP contribution >= 0.6 is 45.9 Å². The summed E-state index contributed by atoms with van der Waals surface area (Å²) in [5.74, 6) is 0.836. The standard InChI is InChI=1S/C27H23ClN8OS.C27H26ClN7O2S.C24H19F4N9O/c1-15-4-7-17(8-5-15)36-22(11-21(35-36)27(2,3)13-29)34-26(37)33-20-9-6-16(10-19(20)28)18-12-38-25-23(18)24(30)31-14-32-25;1-15-4-7-17(8-5-15)35-22(11-21(34-35)27(2,3)13-36)33-26(37)32-20-9-6-16(10-19(20)28)18-12-38-25-23(18)24(29)30-14-31-25;1-12-3-6-14(7-4-12)37-18(10-17(34-37)24(26,27)28)33-23(38)32-13-5-8-15(16(25)9-13)20-19-21(29)30-11-31-22(19)36(2)35-20/h4-12,14H,1-3H3,(H2,30,31,32)(H2,33,34,37);4-12,14,36H,13H2,1-3H3,(H2,29,30,31)(H2,32,33,37);3-11H,1-2H3,(H2,29,30,31)(H2,32,33,38). The highest BCUT2D eigenvalue weighted by Gasteiger charge is 2.36. The lowest BCUT2D eigenvalue weighted by molar-refractivity contribution is -0.141. The third kappa shape index (κ3) is 16.9. The van der Waals surface area contributed by atoms with Gasteiger partial charge < -0.3 is 38.3 Å². The minimum absolute atomic E-state index is 0.0469. The van der Waals surface area contributed by atoms with Crippen LogP contribution in [-0.2, 0) is 24.1 Å². The zero-order valence-electron chi connectivity index (χ0n) is 61.6. The Morgan fingerprint density at radius 3 is 1.35 bits per heavy atom. The highest BCUT2D eigenvalue weighted by atomic mass is 35.5. The highest BCUT2D eigenvalue weighted by molar-refractivity contribution is 7.17. The van der Waals surface area contributed by atoms with Gasteiger partial charge in [-0.3, -0.25) is 16.0 Å². The number of nitrogens with one attached hydrogen (secondary N) is 6. The number of rotatable bonds is 15. The number of nitrogen functional groups attached to an aromatic ring is 3. The van der Waals surface area contributed by atoms with Crippen LogP contribution in [0.25, 0.3) is 82.0 Å². The number of carbonyl (C=O) groups excluding carboxylic acids is 3. The SMILES string of the molecule is Cc1ccc(-n2nc(C(C)(C)C#N)cc2NC(=O)Nc2ccc(-c3csc4ncnc(N)c34)cc2Cl)cc1.Cc1ccc(-n2nc(C(C)(C)CO)cc2NC(=O)Nc2ccc(-c3csc4ncnc(N)c34)cc2Cl)cc1.Cc1ccc(-n2nc(C(F)(F)F)cc2NC(=O)Nc2ccc(-c3nn(C)c4ncnc(N)c34)c(F)c2)cc1.